The molecule has 0 aliphatic heterocycles. The zero-order valence-electron chi connectivity index (χ0n) is 9.12. The third-order valence-electron chi connectivity index (χ3n) is 2.06. The summed E-state index contributed by atoms with van der Waals surface area (Å²) in [5, 5.41) is 16.3. The number of ether oxygens (including phenoxy) is 2. The number of methoxy groups -OCH3 is 1. The Kier molecular flexibility index (Phi) is 3.17. The van der Waals surface area contributed by atoms with Crippen LogP contribution in [-0.4, -0.2) is 17.3 Å². The van der Waals surface area contributed by atoms with Crippen molar-refractivity contribution in [3.63, 3.8) is 0 Å². The Hall–Kier alpha value is -2.61. The van der Waals surface area contributed by atoms with Crippen molar-refractivity contribution in [2.75, 3.05) is 7.11 Å². The summed E-state index contributed by atoms with van der Waals surface area (Å²) in [6.45, 7) is 0. The molecule has 84 valence electrons. The second kappa shape index (κ2) is 4.94. The molecule has 2 aromatic rings. The first kappa shape index (κ1) is 10.9. The summed E-state index contributed by atoms with van der Waals surface area (Å²) < 4.78 is 10.5. The van der Waals surface area contributed by atoms with Crippen molar-refractivity contribution < 1.29 is 9.47 Å². The van der Waals surface area contributed by atoms with E-state index in [-0.39, 0.29) is 5.88 Å². The predicted molar refractivity (Wildman–Crippen MR) is 59.8 cm³/mol. The molecule has 1 heterocycles. The Labute approximate surface area is 98.2 Å². The Morgan fingerprint density at radius 3 is 2.82 bits per heavy atom. The van der Waals surface area contributed by atoms with E-state index in [9.17, 15) is 0 Å². The van der Waals surface area contributed by atoms with Gasteiger partial charge in [-0.1, -0.05) is 6.07 Å². The molecule has 0 aliphatic carbocycles. The van der Waals surface area contributed by atoms with Crippen LogP contribution in [0.1, 0.15) is 5.56 Å². The first-order chi connectivity index (χ1) is 8.33. The fraction of sp³-hybridized carbons (Fsp3) is 0.0833. The van der Waals surface area contributed by atoms with Gasteiger partial charge in [-0.05, 0) is 18.2 Å². The van der Waals surface area contributed by atoms with E-state index in [2.05, 4.69) is 10.2 Å². The maximum atomic E-state index is 8.87. The van der Waals surface area contributed by atoms with Crippen molar-refractivity contribution in [3.05, 3.63) is 42.1 Å². The lowest BCUT2D eigenvalue weighted by molar-refractivity contribution is 0.406. The van der Waals surface area contributed by atoms with Crippen molar-refractivity contribution in [3.8, 4) is 23.4 Å². The summed E-state index contributed by atoms with van der Waals surface area (Å²) in [7, 11) is 1.57. The molecule has 0 aliphatic rings. The summed E-state index contributed by atoms with van der Waals surface area (Å²) in [5.41, 5.74) is 0.336. The van der Waals surface area contributed by atoms with Crippen LogP contribution in [0.2, 0.25) is 0 Å². The Morgan fingerprint density at radius 2 is 2.06 bits per heavy atom. The number of aromatic nitrogens is 2. The molecule has 5 heteroatoms. The van der Waals surface area contributed by atoms with Gasteiger partial charge in [0.05, 0.1) is 13.3 Å². The van der Waals surface area contributed by atoms with Gasteiger partial charge in [0.2, 0.25) is 0 Å². The van der Waals surface area contributed by atoms with Crippen LogP contribution in [0.3, 0.4) is 0 Å². The van der Waals surface area contributed by atoms with Gasteiger partial charge in [0, 0.05) is 6.07 Å². The third kappa shape index (κ3) is 2.49. The minimum Gasteiger partial charge on any atom is -0.497 e. The first-order valence-electron chi connectivity index (χ1n) is 4.87. The number of hydrogen-bond donors (Lipinski definition) is 0. The molecular weight excluding hydrogens is 218 g/mol. The van der Waals surface area contributed by atoms with E-state index in [0.717, 1.165) is 0 Å². The standard InChI is InChI=1S/C12H9N3O2/c1-16-10-3-2-4-11(7-10)17-12-9(8-13)5-6-14-15-12/h2-7H,1H3. The van der Waals surface area contributed by atoms with Crippen molar-refractivity contribution in [1.82, 2.24) is 10.2 Å². The van der Waals surface area contributed by atoms with Crippen LogP contribution >= 0.6 is 0 Å². The Morgan fingerprint density at radius 1 is 1.24 bits per heavy atom. The first-order valence-corrected chi connectivity index (χ1v) is 4.87. The molecule has 5 nitrogen and oxygen atoms in total. The van der Waals surface area contributed by atoms with Gasteiger partial charge in [0.15, 0.2) is 0 Å². The molecule has 0 saturated heterocycles. The van der Waals surface area contributed by atoms with E-state index in [4.69, 9.17) is 14.7 Å². The summed E-state index contributed by atoms with van der Waals surface area (Å²) in [6, 6.07) is 10.6. The average Bonchev–Trinajstić information content (AvgIpc) is 2.39. The summed E-state index contributed by atoms with van der Waals surface area (Å²) >= 11 is 0. The van der Waals surface area contributed by atoms with Gasteiger partial charge >= 0.3 is 0 Å². The van der Waals surface area contributed by atoms with Gasteiger partial charge in [0.1, 0.15) is 23.1 Å². The minimum atomic E-state index is 0.184. The fourth-order valence-electron chi connectivity index (χ4n) is 1.26. The van der Waals surface area contributed by atoms with Crippen LogP contribution in [-0.2, 0) is 0 Å². The molecule has 0 bridgehead atoms. The lowest BCUT2D eigenvalue weighted by Gasteiger charge is -2.06. The third-order valence-corrected chi connectivity index (χ3v) is 2.06. The van der Waals surface area contributed by atoms with Gasteiger partial charge in [-0.15, -0.1) is 5.10 Å². The highest BCUT2D eigenvalue weighted by Gasteiger charge is 2.06. The summed E-state index contributed by atoms with van der Waals surface area (Å²) in [6.07, 6.45) is 1.44. The van der Waals surface area contributed by atoms with E-state index in [0.29, 0.717) is 17.1 Å². The van der Waals surface area contributed by atoms with Gasteiger partial charge in [0.25, 0.3) is 5.88 Å². The average molecular weight is 227 g/mol. The smallest absolute Gasteiger partial charge is 0.256 e. The number of nitriles is 1. The number of rotatable bonds is 3. The molecule has 0 unspecified atom stereocenters. The van der Waals surface area contributed by atoms with Crippen molar-refractivity contribution in [2.24, 2.45) is 0 Å². The van der Waals surface area contributed by atoms with Crippen LogP contribution in [0.4, 0.5) is 0 Å². The molecule has 0 N–H and O–H groups in total. The van der Waals surface area contributed by atoms with E-state index >= 15 is 0 Å². The minimum absolute atomic E-state index is 0.184. The maximum absolute atomic E-state index is 8.87. The van der Waals surface area contributed by atoms with Crippen LogP contribution in [0.25, 0.3) is 0 Å². The highest BCUT2D eigenvalue weighted by molar-refractivity contribution is 5.40. The summed E-state index contributed by atoms with van der Waals surface area (Å²) in [5.74, 6) is 1.40. The molecule has 0 atom stereocenters. The number of hydrogen-bond acceptors (Lipinski definition) is 5. The Balaban J connectivity index is 2.28. The van der Waals surface area contributed by atoms with E-state index in [1.807, 2.05) is 6.07 Å². The predicted octanol–water partition coefficient (Wildman–Crippen LogP) is 2.15. The monoisotopic (exact) mass is 227 g/mol. The van der Waals surface area contributed by atoms with Crippen molar-refractivity contribution in [1.29, 1.82) is 5.26 Å². The van der Waals surface area contributed by atoms with Crippen LogP contribution < -0.4 is 9.47 Å². The van der Waals surface area contributed by atoms with E-state index < -0.39 is 0 Å². The van der Waals surface area contributed by atoms with Crippen LogP contribution in [0, 0.1) is 11.3 Å². The summed E-state index contributed by atoms with van der Waals surface area (Å²) in [4.78, 5) is 0. The van der Waals surface area contributed by atoms with Crippen LogP contribution in [0.15, 0.2) is 36.5 Å². The molecule has 0 saturated carbocycles. The molecule has 0 radical (unpaired) electrons. The molecule has 2 rings (SSSR count). The van der Waals surface area contributed by atoms with Gasteiger partial charge < -0.3 is 9.47 Å². The van der Waals surface area contributed by atoms with Crippen molar-refractivity contribution in [2.45, 2.75) is 0 Å². The lowest BCUT2D eigenvalue weighted by Crippen LogP contribution is -1.93. The molecule has 1 aromatic heterocycles. The zero-order chi connectivity index (χ0) is 12.1. The highest BCUT2D eigenvalue weighted by atomic mass is 16.5. The Bertz CT molecular complexity index is 564. The SMILES string of the molecule is COc1cccc(Oc2nnccc2C#N)c1. The van der Waals surface area contributed by atoms with Gasteiger partial charge in [-0.25, -0.2) is 0 Å². The second-order valence-corrected chi connectivity index (χ2v) is 3.14. The lowest BCUT2D eigenvalue weighted by atomic mass is 10.3. The van der Waals surface area contributed by atoms with E-state index in [1.54, 1.807) is 37.4 Å². The van der Waals surface area contributed by atoms with Crippen LogP contribution in [0.5, 0.6) is 17.4 Å². The quantitative estimate of drug-likeness (QED) is 0.803. The van der Waals surface area contributed by atoms with Gasteiger partial charge in [-0.3, -0.25) is 0 Å². The highest BCUT2D eigenvalue weighted by Crippen LogP contribution is 2.25. The van der Waals surface area contributed by atoms with Gasteiger partial charge in [-0.2, -0.15) is 10.4 Å². The molecule has 0 amide bonds. The molecule has 0 spiro atoms. The topological polar surface area (TPSA) is 68.0 Å². The second-order valence-electron chi connectivity index (χ2n) is 3.14. The molecule has 0 fully saturated rings. The normalized spacial score (nSPS) is 9.41. The fourth-order valence-corrected chi connectivity index (χ4v) is 1.26. The maximum Gasteiger partial charge on any atom is 0.256 e. The number of nitrogens with zero attached hydrogens (tertiary/aromatic N) is 3. The number of benzene rings is 1. The molecular formula is C12H9N3O2. The van der Waals surface area contributed by atoms with Crippen molar-refractivity contribution >= 4 is 0 Å². The molecule has 1 aromatic carbocycles. The zero-order valence-corrected chi connectivity index (χ0v) is 9.12. The largest absolute Gasteiger partial charge is 0.497 e. The molecule has 17 heavy (non-hydrogen) atoms. The van der Waals surface area contributed by atoms with E-state index in [1.165, 1.54) is 6.20 Å².